The summed E-state index contributed by atoms with van der Waals surface area (Å²) in [7, 11) is 0. The van der Waals surface area contributed by atoms with E-state index in [2.05, 4.69) is 38.7 Å². The van der Waals surface area contributed by atoms with E-state index in [4.69, 9.17) is 4.98 Å². The minimum Gasteiger partial charge on any atom is -0.354 e. The van der Waals surface area contributed by atoms with E-state index < -0.39 is 0 Å². The normalized spacial score (nSPS) is 12.1. The summed E-state index contributed by atoms with van der Waals surface area (Å²) in [4.78, 5) is 12.7. The number of nitrogens with zero attached hydrogens (tertiary/aromatic N) is 3. The molecule has 5 nitrogen and oxygen atoms in total. The third-order valence-electron chi connectivity index (χ3n) is 4.71. The van der Waals surface area contributed by atoms with Gasteiger partial charge >= 0.3 is 0 Å². The van der Waals surface area contributed by atoms with Crippen molar-refractivity contribution in [2.45, 2.75) is 6.92 Å². The fourth-order valence-corrected chi connectivity index (χ4v) is 3.40. The van der Waals surface area contributed by atoms with Crippen molar-refractivity contribution in [2.24, 2.45) is 5.10 Å². The van der Waals surface area contributed by atoms with Gasteiger partial charge in [-0.2, -0.15) is 5.10 Å². The summed E-state index contributed by atoms with van der Waals surface area (Å²) < 4.78 is 0. The second kappa shape index (κ2) is 6.21. The number of hydrogen-bond donors (Lipinski definition) is 2. The average molecular weight is 351 g/mol. The molecule has 5 aromatic rings. The highest BCUT2D eigenvalue weighted by Gasteiger charge is 2.13. The van der Waals surface area contributed by atoms with Gasteiger partial charge in [0.25, 0.3) is 0 Å². The van der Waals surface area contributed by atoms with E-state index >= 15 is 0 Å². The molecule has 0 radical (unpaired) electrons. The zero-order valence-corrected chi connectivity index (χ0v) is 14.8. The van der Waals surface area contributed by atoms with Gasteiger partial charge in [-0.05, 0) is 31.2 Å². The van der Waals surface area contributed by atoms with Crippen molar-refractivity contribution in [3.05, 3.63) is 78.6 Å². The van der Waals surface area contributed by atoms with Crippen LogP contribution in [0.3, 0.4) is 0 Å². The van der Waals surface area contributed by atoms with Crippen molar-refractivity contribution < 1.29 is 0 Å². The highest BCUT2D eigenvalue weighted by atomic mass is 15.3. The van der Waals surface area contributed by atoms with Gasteiger partial charge in [-0.1, -0.05) is 42.5 Å². The summed E-state index contributed by atoms with van der Waals surface area (Å²) in [5.74, 6) is 0.733. The van der Waals surface area contributed by atoms with E-state index in [9.17, 15) is 0 Å². The van der Waals surface area contributed by atoms with Crippen LogP contribution in [0.15, 0.2) is 78.0 Å². The maximum Gasteiger partial charge on any atom is 0.157 e. The molecule has 3 aromatic heterocycles. The Bertz CT molecular complexity index is 1300. The summed E-state index contributed by atoms with van der Waals surface area (Å²) in [6, 6.07) is 22.2. The van der Waals surface area contributed by atoms with E-state index in [0.29, 0.717) is 0 Å². The number of hydrogen-bond acceptors (Lipinski definition) is 4. The van der Waals surface area contributed by atoms with Crippen molar-refractivity contribution in [3.8, 4) is 0 Å². The molecule has 0 bridgehead atoms. The van der Waals surface area contributed by atoms with E-state index in [0.717, 1.165) is 49.9 Å². The Labute approximate surface area is 155 Å². The number of H-pyrrole nitrogens is 1. The molecule has 0 fully saturated rings. The highest BCUT2D eigenvalue weighted by Crippen LogP contribution is 2.35. The fourth-order valence-electron chi connectivity index (χ4n) is 3.40. The minimum absolute atomic E-state index is 0.733. The number of nitrogens with one attached hydrogen (secondary N) is 2. The third-order valence-corrected chi connectivity index (χ3v) is 4.71. The van der Waals surface area contributed by atoms with Gasteiger partial charge in [-0.3, -0.25) is 10.4 Å². The van der Waals surface area contributed by atoms with E-state index in [1.807, 2.05) is 55.5 Å². The van der Waals surface area contributed by atoms with Gasteiger partial charge in [0.05, 0.1) is 27.8 Å². The average Bonchev–Trinajstić information content (AvgIpc) is 3.12. The van der Waals surface area contributed by atoms with Crippen LogP contribution in [0.2, 0.25) is 0 Å². The molecule has 2 aromatic carbocycles. The molecule has 27 heavy (non-hydrogen) atoms. The first-order valence-electron chi connectivity index (χ1n) is 8.82. The zero-order chi connectivity index (χ0) is 18.2. The molecule has 0 aliphatic carbocycles. The molecule has 5 rings (SSSR count). The predicted molar refractivity (Wildman–Crippen MR) is 111 cm³/mol. The molecule has 0 atom stereocenters. The second-order valence-electron chi connectivity index (χ2n) is 6.42. The van der Waals surface area contributed by atoms with E-state index in [-0.39, 0.29) is 0 Å². The van der Waals surface area contributed by atoms with Gasteiger partial charge in [0.15, 0.2) is 5.82 Å². The van der Waals surface area contributed by atoms with E-state index in [1.54, 1.807) is 6.20 Å². The number of hydrazone groups is 1. The second-order valence-corrected chi connectivity index (χ2v) is 6.42. The Morgan fingerprint density at radius 1 is 0.926 bits per heavy atom. The molecule has 0 unspecified atom stereocenters. The van der Waals surface area contributed by atoms with Crippen LogP contribution in [0, 0.1) is 0 Å². The summed E-state index contributed by atoms with van der Waals surface area (Å²) in [6.07, 6.45) is 1.76. The van der Waals surface area contributed by atoms with Crippen LogP contribution in [-0.4, -0.2) is 20.7 Å². The van der Waals surface area contributed by atoms with Crippen LogP contribution >= 0.6 is 0 Å². The quantitative estimate of drug-likeness (QED) is 0.351. The van der Waals surface area contributed by atoms with Crippen LogP contribution in [0.25, 0.3) is 32.7 Å². The van der Waals surface area contributed by atoms with Crippen LogP contribution in [0.4, 0.5) is 5.82 Å². The Morgan fingerprint density at radius 3 is 2.56 bits per heavy atom. The first-order chi connectivity index (χ1) is 13.3. The largest absolute Gasteiger partial charge is 0.354 e. The van der Waals surface area contributed by atoms with Crippen LogP contribution in [0.1, 0.15) is 12.6 Å². The SMILES string of the molecule is C/C(=N\Nc1nc2ccccc2c2[nH]c3ccccc3c12)c1ccccn1. The lowest BCUT2D eigenvalue weighted by molar-refractivity contribution is 1.23. The Hall–Kier alpha value is -3.73. The molecule has 3 heterocycles. The number of para-hydroxylation sites is 2. The maximum atomic E-state index is 4.83. The molecule has 130 valence electrons. The molecule has 5 heteroatoms. The first kappa shape index (κ1) is 15.5. The summed E-state index contributed by atoms with van der Waals surface area (Å²) in [5, 5.41) is 7.80. The number of aromatic nitrogens is 3. The summed E-state index contributed by atoms with van der Waals surface area (Å²) in [6.45, 7) is 1.93. The molecule has 0 spiro atoms. The van der Waals surface area contributed by atoms with Crippen molar-refractivity contribution in [2.75, 3.05) is 5.43 Å². The van der Waals surface area contributed by atoms with Gasteiger partial charge in [0, 0.05) is 22.5 Å². The molecule has 0 aliphatic heterocycles. The molecule has 0 amide bonds. The lowest BCUT2D eigenvalue weighted by atomic mass is 10.1. The lowest BCUT2D eigenvalue weighted by Crippen LogP contribution is -2.03. The molecule has 0 saturated carbocycles. The Kier molecular flexibility index (Phi) is 3.57. The Balaban J connectivity index is 1.73. The van der Waals surface area contributed by atoms with Crippen LogP contribution in [-0.2, 0) is 0 Å². The summed E-state index contributed by atoms with van der Waals surface area (Å²) in [5.41, 5.74) is 7.88. The number of fused-ring (bicyclic) bond motifs is 5. The van der Waals surface area contributed by atoms with Gasteiger partial charge in [-0.25, -0.2) is 4.98 Å². The monoisotopic (exact) mass is 351 g/mol. The van der Waals surface area contributed by atoms with Gasteiger partial charge in [0.2, 0.25) is 0 Å². The molecular formula is C22H17N5. The summed E-state index contributed by atoms with van der Waals surface area (Å²) >= 11 is 0. The molecule has 2 N–H and O–H groups in total. The highest BCUT2D eigenvalue weighted by molar-refractivity contribution is 6.20. The van der Waals surface area contributed by atoms with Gasteiger partial charge in [-0.15, -0.1) is 0 Å². The van der Waals surface area contributed by atoms with Crippen molar-refractivity contribution >= 4 is 44.2 Å². The van der Waals surface area contributed by atoms with E-state index in [1.165, 1.54) is 0 Å². The maximum absolute atomic E-state index is 4.83. The topological polar surface area (TPSA) is 66.0 Å². The van der Waals surface area contributed by atoms with Crippen molar-refractivity contribution in [1.29, 1.82) is 0 Å². The minimum atomic E-state index is 0.733. The smallest absolute Gasteiger partial charge is 0.157 e. The fraction of sp³-hybridized carbons (Fsp3) is 0.0455. The molecule has 0 saturated heterocycles. The number of aromatic amines is 1. The number of anilines is 1. The number of benzene rings is 2. The standard InChI is InChI=1S/C22H17N5/c1-14(17-10-6-7-13-23-17)26-27-22-20-15-8-2-4-11-18(15)24-21(20)16-9-3-5-12-19(16)25-22/h2-13,24H,1H3,(H,25,27)/b26-14+. The zero-order valence-electron chi connectivity index (χ0n) is 14.8. The van der Waals surface area contributed by atoms with Crippen molar-refractivity contribution in [3.63, 3.8) is 0 Å². The Morgan fingerprint density at radius 2 is 1.70 bits per heavy atom. The number of rotatable bonds is 3. The van der Waals surface area contributed by atoms with Crippen LogP contribution < -0.4 is 5.43 Å². The first-order valence-corrected chi connectivity index (χ1v) is 8.82. The van der Waals surface area contributed by atoms with Gasteiger partial charge < -0.3 is 4.98 Å². The van der Waals surface area contributed by atoms with Crippen molar-refractivity contribution in [1.82, 2.24) is 15.0 Å². The third kappa shape index (κ3) is 2.60. The van der Waals surface area contributed by atoms with Crippen LogP contribution in [0.5, 0.6) is 0 Å². The number of pyridine rings is 2. The lowest BCUT2D eigenvalue weighted by Gasteiger charge is -2.07. The van der Waals surface area contributed by atoms with Gasteiger partial charge in [0.1, 0.15) is 0 Å². The molecule has 0 aliphatic rings. The molecular weight excluding hydrogens is 334 g/mol. The predicted octanol–water partition coefficient (Wildman–Crippen LogP) is 5.10.